The third-order valence-corrected chi connectivity index (χ3v) is 6.98. The Morgan fingerprint density at radius 1 is 1.17 bits per heavy atom. The summed E-state index contributed by atoms with van der Waals surface area (Å²) in [7, 11) is 0. The largest absolute Gasteiger partial charge is 0.508 e. The van der Waals surface area contributed by atoms with Crippen LogP contribution in [-0.2, 0) is 0 Å². The van der Waals surface area contributed by atoms with Crippen LogP contribution in [0.1, 0.15) is 62.0 Å². The Labute approximate surface area is 137 Å². The summed E-state index contributed by atoms with van der Waals surface area (Å²) < 4.78 is 0. The van der Waals surface area contributed by atoms with Crippen LogP contribution in [0.2, 0.25) is 0 Å². The molecule has 0 spiro atoms. The molecule has 3 heteroatoms. The lowest BCUT2D eigenvalue weighted by Gasteiger charge is -2.51. The van der Waals surface area contributed by atoms with Crippen molar-refractivity contribution in [1.82, 2.24) is 0 Å². The molecule has 2 saturated carbocycles. The lowest BCUT2D eigenvalue weighted by atomic mass is 9.54. The maximum absolute atomic E-state index is 10.5. The average Bonchev–Trinajstić information content (AvgIpc) is 2.83. The molecule has 1 unspecified atom stereocenters. The van der Waals surface area contributed by atoms with Gasteiger partial charge in [0.25, 0.3) is 0 Å². The monoisotopic (exact) mass is 312 g/mol. The summed E-state index contributed by atoms with van der Waals surface area (Å²) in [6, 6.07) is 5.63. The molecule has 3 aliphatic rings. The Hall–Kier alpha value is -1.66. The number of phenolic OH excluding ortho intramolecular Hbond substituents is 1. The molecule has 1 aromatic carbocycles. The highest BCUT2D eigenvalue weighted by molar-refractivity contribution is 5.45. The molecule has 6 atom stereocenters. The SMILES string of the molecule is C[C@]12CC[C@@H]3c4ccc(O)cc4C(C#CO)C[C@H]3[C@@H]1CC[C@@H]2O. The van der Waals surface area contributed by atoms with Crippen molar-refractivity contribution in [2.45, 2.75) is 57.0 Å². The summed E-state index contributed by atoms with van der Waals surface area (Å²) in [5.41, 5.74) is 2.40. The van der Waals surface area contributed by atoms with Gasteiger partial charge in [0.15, 0.2) is 0 Å². The smallest absolute Gasteiger partial charge is 0.115 e. The van der Waals surface area contributed by atoms with Crippen LogP contribution < -0.4 is 0 Å². The first-order valence-corrected chi connectivity index (χ1v) is 8.70. The molecule has 0 aliphatic heterocycles. The number of hydrogen-bond acceptors (Lipinski definition) is 3. The molecule has 0 saturated heterocycles. The van der Waals surface area contributed by atoms with E-state index in [1.165, 1.54) is 5.56 Å². The van der Waals surface area contributed by atoms with Gasteiger partial charge in [-0.3, -0.25) is 0 Å². The summed E-state index contributed by atoms with van der Waals surface area (Å²) in [4.78, 5) is 0. The van der Waals surface area contributed by atoms with E-state index in [0.717, 1.165) is 37.7 Å². The van der Waals surface area contributed by atoms with Gasteiger partial charge in [-0.2, -0.15) is 0 Å². The highest BCUT2D eigenvalue weighted by Gasteiger charge is 2.55. The highest BCUT2D eigenvalue weighted by atomic mass is 16.3. The van der Waals surface area contributed by atoms with Gasteiger partial charge >= 0.3 is 0 Å². The van der Waals surface area contributed by atoms with E-state index >= 15 is 0 Å². The van der Waals surface area contributed by atoms with Gasteiger partial charge in [0.1, 0.15) is 11.9 Å². The van der Waals surface area contributed by atoms with Crippen molar-refractivity contribution >= 4 is 0 Å². The van der Waals surface area contributed by atoms with E-state index < -0.39 is 0 Å². The number of aromatic hydroxyl groups is 1. The molecule has 4 rings (SSSR count). The Bertz CT molecular complexity index is 686. The molecule has 23 heavy (non-hydrogen) atoms. The Kier molecular flexibility index (Phi) is 3.35. The van der Waals surface area contributed by atoms with Crippen LogP contribution in [0.3, 0.4) is 0 Å². The van der Waals surface area contributed by atoms with Crippen molar-refractivity contribution in [2.24, 2.45) is 17.3 Å². The van der Waals surface area contributed by atoms with E-state index in [-0.39, 0.29) is 23.2 Å². The molecule has 122 valence electrons. The van der Waals surface area contributed by atoms with Crippen molar-refractivity contribution in [3.8, 4) is 17.8 Å². The van der Waals surface area contributed by atoms with Crippen LogP contribution in [-0.4, -0.2) is 21.4 Å². The minimum atomic E-state index is -0.183. The maximum atomic E-state index is 10.5. The first-order chi connectivity index (χ1) is 11.0. The molecule has 0 amide bonds. The van der Waals surface area contributed by atoms with E-state index in [4.69, 9.17) is 5.11 Å². The van der Waals surface area contributed by atoms with Crippen molar-refractivity contribution in [3.05, 3.63) is 29.3 Å². The highest BCUT2D eigenvalue weighted by Crippen LogP contribution is 2.62. The fraction of sp³-hybridized carbons (Fsp3) is 0.600. The minimum absolute atomic E-state index is 0.0246. The van der Waals surface area contributed by atoms with Gasteiger partial charge < -0.3 is 15.3 Å². The number of fused-ring (bicyclic) bond motifs is 5. The fourth-order valence-corrected chi connectivity index (χ4v) is 5.79. The van der Waals surface area contributed by atoms with Crippen LogP contribution >= 0.6 is 0 Å². The minimum Gasteiger partial charge on any atom is -0.508 e. The molecule has 3 nitrogen and oxygen atoms in total. The topological polar surface area (TPSA) is 60.7 Å². The summed E-state index contributed by atoms with van der Waals surface area (Å²) in [6.07, 6.45) is 6.98. The molecule has 1 aromatic rings. The van der Waals surface area contributed by atoms with Crippen molar-refractivity contribution in [1.29, 1.82) is 0 Å². The first-order valence-electron chi connectivity index (χ1n) is 8.70. The average molecular weight is 312 g/mol. The number of aliphatic hydroxyl groups is 2. The molecule has 0 bridgehead atoms. The number of benzene rings is 1. The van der Waals surface area contributed by atoms with Crippen LogP contribution in [0.4, 0.5) is 0 Å². The third kappa shape index (κ3) is 2.08. The summed E-state index contributed by atoms with van der Waals surface area (Å²) >= 11 is 0. The van der Waals surface area contributed by atoms with Crippen LogP contribution in [0, 0.1) is 29.3 Å². The van der Waals surface area contributed by atoms with Crippen molar-refractivity contribution in [3.63, 3.8) is 0 Å². The second kappa shape index (κ2) is 5.18. The van der Waals surface area contributed by atoms with Gasteiger partial charge in [-0.05, 0) is 78.5 Å². The Morgan fingerprint density at radius 2 is 2.00 bits per heavy atom. The van der Waals surface area contributed by atoms with E-state index in [0.29, 0.717) is 17.8 Å². The summed E-state index contributed by atoms with van der Waals surface area (Å²) in [6.45, 7) is 2.25. The summed E-state index contributed by atoms with van der Waals surface area (Å²) in [5.74, 6) is 4.71. The molecular formula is C20H24O3. The second-order valence-electron chi connectivity index (χ2n) is 7.87. The number of phenols is 1. The zero-order valence-corrected chi connectivity index (χ0v) is 13.5. The maximum Gasteiger partial charge on any atom is 0.115 e. The molecule has 3 aliphatic carbocycles. The van der Waals surface area contributed by atoms with Gasteiger partial charge in [-0.1, -0.05) is 18.9 Å². The zero-order chi connectivity index (χ0) is 16.2. The molecule has 0 aromatic heterocycles. The van der Waals surface area contributed by atoms with E-state index in [9.17, 15) is 10.2 Å². The van der Waals surface area contributed by atoms with Gasteiger partial charge in [0.2, 0.25) is 0 Å². The predicted molar refractivity (Wildman–Crippen MR) is 87.5 cm³/mol. The Morgan fingerprint density at radius 3 is 2.78 bits per heavy atom. The molecule has 3 N–H and O–H groups in total. The van der Waals surface area contributed by atoms with Crippen molar-refractivity contribution < 1.29 is 15.3 Å². The molecule has 0 radical (unpaired) electrons. The van der Waals surface area contributed by atoms with Crippen molar-refractivity contribution in [2.75, 3.05) is 0 Å². The van der Waals surface area contributed by atoms with E-state index in [1.54, 1.807) is 6.07 Å². The van der Waals surface area contributed by atoms with Crippen LogP contribution in [0.15, 0.2) is 18.2 Å². The third-order valence-electron chi connectivity index (χ3n) is 6.98. The Balaban J connectivity index is 1.78. The number of aliphatic hydroxyl groups excluding tert-OH is 2. The van der Waals surface area contributed by atoms with Crippen LogP contribution in [0.5, 0.6) is 5.75 Å². The molecule has 0 heterocycles. The number of hydrogen-bond donors (Lipinski definition) is 3. The lowest BCUT2D eigenvalue weighted by molar-refractivity contribution is -0.0235. The van der Waals surface area contributed by atoms with E-state index in [2.05, 4.69) is 19.0 Å². The number of rotatable bonds is 0. The normalized spacial score (nSPS) is 41.2. The van der Waals surface area contributed by atoms with Gasteiger partial charge in [-0.15, -0.1) is 0 Å². The fourth-order valence-electron chi connectivity index (χ4n) is 5.79. The second-order valence-corrected chi connectivity index (χ2v) is 7.87. The predicted octanol–water partition coefficient (Wildman–Crippen LogP) is 3.48. The van der Waals surface area contributed by atoms with Gasteiger partial charge in [0, 0.05) is 5.92 Å². The first kappa shape index (κ1) is 14.9. The van der Waals surface area contributed by atoms with E-state index in [1.807, 2.05) is 12.1 Å². The van der Waals surface area contributed by atoms with Gasteiger partial charge in [-0.25, -0.2) is 0 Å². The summed E-state index contributed by atoms with van der Waals surface area (Å²) in [5, 5.41) is 29.5. The standard InChI is InChI=1S/C20H24O3/c1-20-8-6-15-14-3-2-13(22)11-16(14)12(7-9-21)10-17(15)18(20)4-5-19(20)23/h2-3,11-12,15,17-19,21-23H,4-6,8,10H2,1H3/t12?,15-,17-,18+,19+,20+/m1/s1. The molecular weight excluding hydrogens is 288 g/mol. The quantitative estimate of drug-likeness (QED) is 0.643. The van der Waals surface area contributed by atoms with Gasteiger partial charge in [0.05, 0.1) is 6.10 Å². The zero-order valence-electron chi connectivity index (χ0n) is 13.5. The van der Waals surface area contributed by atoms with Crippen LogP contribution in [0.25, 0.3) is 0 Å². The molecule has 2 fully saturated rings. The lowest BCUT2D eigenvalue weighted by Crippen LogP contribution is -2.44.